The molecule has 0 bridgehead atoms. The molecular weight excluding hydrogens is 454 g/mol. The minimum absolute atomic E-state index is 0.0750. The van der Waals surface area contributed by atoms with Gasteiger partial charge in [0, 0.05) is 57.1 Å². The number of carbonyl (C=O) groups is 1. The average Bonchev–Trinajstić information content (AvgIpc) is 3.29. The Labute approximate surface area is 200 Å². The lowest BCUT2D eigenvalue weighted by Crippen LogP contribution is -2.48. The zero-order valence-electron chi connectivity index (χ0n) is 19.0. The van der Waals surface area contributed by atoms with E-state index in [0.717, 1.165) is 5.69 Å². The van der Waals surface area contributed by atoms with Crippen molar-refractivity contribution in [1.29, 1.82) is 0 Å². The van der Waals surface area contributed by atoms with E-state index >= 15 is 0 Å². The number of amides is 1. The van der Waals surface area contributed by atoms with Gasteiger partial charge in [0.2, 0.25) is 11.6 Å². The van der Waals surface area contributed by atoms with Gasteiger partial charge in [0.15, 0.2) is 0 Å². The summed E-state index contributed by atoms with van der Waals surface area (Å²) >= 11 is 0. The van der Waals surface area contributed by atoms with Crippen molar-refractivity contribution in [2.24, 2.45) is 0 Å². The number of hydrogen-bond acceptors (Lipinski definition) is 5. The fraction of sp³-hybridized carbons (Fsp3) is 0.280. The molecule has 35 heavy (non-hydrogen) atoms. The van der Waals surface area contributed by atoms with Crippen LogP contribution in [-0.4, -0.2) is 56.2 Å². The highest BCUT2D eigenvalue weighted by Gasteiger charge is 2.21. The molecule has 0 atom stereocenters. The van der Waals surface area contributed by atoms with Crippen LogP contribution in [0.25, 0.3) is 11.3 Å². The van der Waals surface area contributed by atoms with Gasteiger partial charge >= 0.3 is 5.56 Å². The molecule has 0 spiro atoms. The average molecular weight is 479 g/mol. The molecule has 1 saturated heterocycles. The maximum absolute atomic E-state index is 13.6. The Bertz CT molecular complexity index is 1410. The first-order chi connectivity index (χ1) is 17.0. The fourth-order valence-electron chi connectivity index (χ4n) is 4.36. The first kappa shape index (κ1) is 22.7. The van der Waals surface area contributed by atoms with Gasteiger partial charge in [0.05, 0.1) is 5.69 Å². The van der Waals surface area contributed by atoms with E-state index in [1.54, 1.807) is 35.0 Å². The molecule has 0 radical (unpaired) electrons. The summed E-state index contributed by atoms with van der Waals surface area (Å²) in [6, 6.07) is 12.2. The van der Waals surface area contributed by atoms with E-state index in [0.29, 0.717) is 57.0 Å². The quantitative estimate of drug-likeness (QED) is 0.426. The Balaban J connectivity index is 1.17. The molecule has 0 N–H and O–H groups in total. The second-order valence-corrected chi connectivity index (χ2v) is 8.46. The van der Waals surface area contributed by atoms with E-state index in [1.807, 2.05) is 4.90 Å². The third-order valence-electron chi connectivity index (χ3n) is 6.24. The summed E-state index contributed by atoms with van der Waals surface area (Å²) in [4.78, 5) is 29.5. The Hall–Kier alpha value is -4.08. The van der Waals surface area contributed by atoms with E-state index in [2.05, 4.69) is 15.1 Å². The summed E-state index contributed by atoms with van der Waals surface area (Å²) in [6.45, 7) is 2.63. The zero-order chi connectivity index (χ0) is 24.4. The molecule has 0 unspecified atom stereocenters. The van der Waals surface area contributed by atoms with Gasteiger partial charge in [-0.15, -0.1) is 10.2 Å². The van der Waals surface area contributed by atoms with Gasteiger partial charge in [0.25, 0.3) is 0 Å². The zero-order valence-corrected chi connectivity index (χ0v) is 19.0. The minimum Gasteiger partial charge on any atom is -0.368 e. The molecule has 1 aliphatic rings. The topological polar surface area (TPSA) is 75.7 Å². The highest BCUT2D eigenvalue weighted by atomic mass is 19.1. The number of halogens is 2. The van der Waals surface area contributed by atoms with E-state index in [1.165, 1.54) is 34.9 Å². The Morgan fingerprint density at radius 1 is 0.886 bits per heavy atom. The Morgan fingerprint density at radius 2 is 1.66 bits per heavy atom. The number of hydrogen-bond donors (Lipinski definition) is 0. The molecule has 2 aromatic carbocycles. The lowest BCUT2D eigenvalue weighted by Gasteiger charge is -2.36. The van der Waals surface area contributed by atoms with Gasteiger partial charge in [-0.2, -0.15) is 0 Å². The summed E-state index contributed by atoms with van der Waals surface area (Å²) in [7, 11) is 0. The number of benzene rings is 2. The molecular formula is C25H24F2N6O2. The molecule has 5 rings (SSSR count). The van der Waals surface area contributed by atoms with E-state index in [9.17, 15) is 18.4 Å². The van der Waals surface area contributed by atoms with Crippen molar-refractivity contribution in [1.82, 2.24) is 24.1 Å². The summed E-state index contributed by atoms with van der Waals surface area (Å²) < 4.78 is 29.6. The van der Waals surface area contributed by atoms with Crippen LogP contribution in [0.3, 0.4) is 0 Å². The number of anilines is 1. The van der Waals surface area contributed by atoms with Crippen LogP contribution in [-0.2, 0) is 11.2 Å². The number of nitrogens with zero attached hydrogens (tertiary/aromatic N) is 6. The van der Waals surface area contributed by atoms with Gasteiger partial charge in [-0.3, -0.25) is 18.6 Å². The van der Waals surface area contributed by atoms with Gasteiger partial charge in [-0.25, -0.2) is 8.78 Å². The van der Waals surface area contributed by atoms with Crippen molar-refractivity contribution in [3.63, 3.8) is 0 Å². The minimum atomic E-state index is -0.432. The van der Waals surface area contributed by atoms with Crippen molar-refractivity contribution < 1.29 is 13.6 Å². The monoisotopic (exact) mass is 478 g/mol. The highest BCUT2D eigenvalue weighted by molar-refractivity contribution is 5.76. The van der Waals surface area contributed by atoms with E-state index in [-0.39, 0.29) is 17.4 Å². The van der Waals surface area contributed by atoms with Crippen molar-refractivity contribution >= 4 is 17.2 Å². The number of fused-ring (bicyclic) bond motifs is 1. The van der Waals surface area contributed by atoms with Crippen LogP contribution in [0, 0.1) is 11.6 Å². The Morgan fingerprint density at radius 3 is 2.40 bits per heavy atom. The number of rotatable bonds is 6. The largest absolute Gasteiger partial charge is 0.368 e. The first-order valence-corrected chi connectivity index (χ1v) is 11.5. The normalized spacial score (nSPS) is 14.0. The number of aromatic nitrogens is 4. The van der Waals surface area contributed by atoms with Crippen molar-refractivity contribution in [3.8, 4) is 5.69 Å². The third kappa shape index (κ3) is 4.77. The molecule has 0 saturated carbocycles. The standard InChI is InChI=1S/C25H24F2N6O2/c26-18-7-9-20(10-8-18)30-11-13-31(14-12-30)23(34)6-2-5-22-28-29-24-25(35)32(15-16-33(22)24)21-4-1-3-19(27)17-21/h1,3-4,7-10,15-17H,2,5-6,11-14H2. The van der Waals surface area contributed by atoms with Gasteiger partial charge < -0.3 is 9.80 Å². The van der Waals surface area contributed by atoms with Gasteiger partial charge in [0.1, 0.15) is 17.5 Å². The number of aryl methyl sites for hydroxylation is 1. The van der Waals surface area contributed by atoms with E-state index < -0.39 is 11.4 Å². The summed E-state index contributed by atoms with van der Waals surface area (Å²) in [5, 5.41) is 8.15. The summed E-state index contributed by atoms with van der Waals surface area (Å²) in [5.74, 6) is -0.0262. The smallest absolute Gasteiger partial charge is 0.300 e. The lowest BCUT2D eigenvalue weighted by atomic mass is 10.2. The SMILES string of the molecule is O=C(CCCc1nnc2c(=O)n(-c3cccc(F)c3)ccn12)N1CCN(c2ccc(F)cc2)CC1. The predicted octanol–water partition coefficient (Wildman–Crippen LogP) is 2.83. The highest BCUT2D eigenvalue weighted by Crippen LogP contribution is 2.18. The van der Waals surface area contributed by atoms with Crippen LogP contribution in [0.4, 0.5) is 14.5 Å². The predicted molar refractivity (Wildman–Crippen MR) is 127 cm³/mol. The van der Waals surface area contributed by atoms with Crippen molar-refractivity contribution in [2.45, 2.75) is 19.3 Å². The molecule has 3 heterocycles. The fourth-order valence-corrected chi connectivity index (χ4v) is 4.36. The van der Waals surface area contributed by atoms with Crippen LogP contribution in [0.5, 0.6) is 0 Å². The molecule has 180 valence electrons. The maximum atomic E-state index is 13.6. The van der Waals surface area contributed by atoms with E-state index in [4.69, 9.17) is 0 Å². The van der Waals surface area contributed by atoms with Crippen molar-refractivity contribution in [3.05, 3.63) is 88.7 Å². The van der Waals surface area contributed by atoms with Crippen LogP contribution in [0.1, 0.15) is 18.7 Å². The second kappa shape index (κ2) is 9.65. The maximum Gasteiger partial charge on any atom is 0.300 e. The molecule has 4 aromatic rings. The van der Waals surface area contributed by atoms with Gasteiger partial charge in [-0.1, -0.05) is 6.07 Å². The third-order valence-corrected chi connectivity index (χ3v) is 6.24. The molecule has 10 heteroatoms. The molecule has 0 aliphatic carbocycles. The van der Waals surface area contributed by atoms with Crippen LogP contribution in [0.15, 0.2) is 65.7 Å². The molecule has 1 aliphatic heterocycles. The Kier molecular flexibility index (Phi) is 6.26. The lowest BCUT2D eigenvalue weighted by molar-refractivity contribution is -0.131. The van der Waals surface area contributed by atoms with Crippen LogP contribution in [0.2, 0.25) is 0 Å². The molecule has 1 fully saturated rings. The second-order valence-electron chi connectivity index (χ2n) is 8.46. The molecule has 2 aromatic heterocycles. The number of carbonyl (C=O) groups excluding carboxylic acids is 1. The van der Waals surface area contributed by atoms with Crippen molar-refractivity contribution in [2.75, 3.05) is 31.1 Å². The van der Waals surface area contributed by atoms with Gasteiger partial charge in [-0.05, 0) is 48.9 Å². The summed E-state index contributed by atoms with van der Waals surface area (Å²) in [5.41, 5.74) is 1.11. The summed E-state index contributed by atoms with van der Waals surface area (Å²) in [6.07, 6.45) is 4.67. The molecule has 8 nitrogen and oxygen atoms in total. The van der Waals surface area contributed by atoms with Crippen LogP contribution >= 0.6 is 0 Å². The van der Waals surface area contributed by atoms with Crippen LogP contribution < -0.4 is 10.5 Å². The first-order valence-electron chi connectivity index (χ1n) is 11.5. The molecule has 1 amide bonds. The number of piperazine rings is 1.